The highest BCUT2D eigenvalue weighted by atomic mass is 79.9. The molecule has 1 amide bonds. The molecule has 0 aliphatic carbocycles. The third-order valence-corrected chi connectivity index (χ3v) is 4.16. The number of carbonyl (C=O) groups is 1. The molecule has 1 aliphatic rings. The standard InChI is InChI=1S/C14H17BrN4O3/c1-9-13(10-2-4-21-5-3-10)18-22-14(9)17-12(20)7-19-6-11(15)16-8-19/h6,8,10H,2-5,7H2,1H3,(H,17,20). The first-order valence-corrected chi connectivity index (χ1v) is 7.94. The van der Waals surface area contributed by atoms with Gasteiger partial charge in [-0.15, -0.1) is 0 Å². The Morgan fingerprint density at radius 3 is 2.95 bits per heavy atom. The molecule has 1 aliphatic heterocycles. The Hall–Kier alpha value is -1.67. The van der Waals surface area contributed by atoms with Crippen LogP contribution in [0.5, 0.6) is 0 Å². The number of imidazole rings is 1. The zero-order valence-electron chi connectivity index (χ0n) is 12.2. The summed E-state index contributed by atoms with van der Waals surface area (Å²) in [6.07, 6.45) is 5.19. The summed E-state index contributed by atoms with van der Waals surface area (Å²) >= 11 is 3.25. The van der Waals surface area contributed by atoms with Crippen molar-refractivity contribution >= 4 is 27.7 Å². The second-order valence-electron chi connectivity index (χ2n) is 5.33. The smallest absolute Gasteiger partial charge is 0.246 e. The molecule has 0 aromatic carbocycles. The predicted octanol–water partition coefficient (Wildman–Crippen LogP) is 2.47. The minimum absolute atomic E-state index is 0.172. The number of nitrogens with one attached hydrogen (secondary N) is 1. The van der Waals surface area contributed by atoms with Crippen LogP contribution in [0.1, 0.15) is 30.0 Å². The molecule has 0 atom stereocenters. The van der Waals surface area contributed by atoms with E-state index in [2.05, 4.69) is 31.4 Å². The van der Waals surface area contributed by atoms with E-state index in [0.29, 0.717) is 16.4 Å². The summed E-state index contributed by atoms with van der Waals surface area (Å²) < 4.78 is 13.0. The molecule has 22 heavy (non-hydrogen) atoms. The summed E-state index contributed by atoms with van der Waals surface area (Å²) in [6.45, 7) is 3.58. The average Bonchev–Trinajstić information content (AvgIpc) is 3.07. The zero-order chi connectivity index (χ0) is 15.5. The normalized spacial score (nSPS) is 15.9. The summed E-state index contributed by atoms with van der Waals surface area (Å²) in [7, 11) is 0. The second kappa shape index (κ2) is 6.62. The molecular formula is C14H17BrN4O3. The van der Waals surface area contributed by atoms with Crippen molar-refractivity contribution in [3.8, 4) is 0 Å². The molecular weight excluding hydrogens is 352 g/mol. The van der Waals surface area contributed by atoms with E-state index in [1.807, 2.05) is 6.92 Å². The third-order valence-electron chi connectivity index (χ3n) is 3.75. The highest BCUT2D eigenvalue weighted by molar-refractivity contribution is 9.10. The average molecular weight is 369 g/mol. The van der Waals surface area contributed by atoms with Crippen LogP contribution in [0.25, 0.3) is 0 Å². The molecule has 0 unspecified atom stereocenters. The maximum Gasteiger partial charge on any atom is 0.246 e. The number of aromatic nitrogens is 3. The van der Waals surface area contributed by atoms with Crippen LogP contribution >= 0.6 is 15.9 Å². The Bertz CT molecular complexity index is 661. The number of halogens is 1. The van der Waals surface area contributed by atoms with Crippen molar-refractivity contribution in [2.45, 2.75) is 32.2 Å². The van der Waals surface area contributed by atoms with Gasteiger partial charge in [-0.05, 0) is 35.7 Å². The first-order chi connectivity index (χ1) is 10.6. The van der Waals surface area contributed by atoms with Crippen LogP contribution in [0.3, 0.4) is 0 Å². The lowest BCUT2D eigenvalue weighted by molar-refractivity contribution is -0.116. The van der Waals surface area contributed by atoms with E-state index in [1.165, 1.54) is 0 Å². The van der Waals surface area contributed by atoms with E-state index in [-0.39, 0.29) is 12.5 Å². The molecule has 0 radical (unpaired) electrons. The lowest BCUT2D eigenvalue weighted by Crippen LogP contribution is -2.18. The van der Waals surface area contributed by atoms with Crippen molar-refractivity contribution in [2.24, 2.45) is 0 Å². The van der Waals surface area contributed by atoms with Crippen molar-refractivity contribution < 1.29 is 14.1 Å². The zero-order valence-corrected chi connectivity index (χ0v) is 13.8. The Labute approximate surface area is 136 Å². The van der Waals surface area contributed by atoms with Crippen molar-refractivity contribution in [2.75, 3.05) is 18.5 Å². The van der Waals surface area contributed by atoms with Crippen LogP contribution in [0, 0.1) is 6.92 Å². The predicted molar refractivity (Wildman–Crippen MR) is 82.6 cm³/mol. The van der Waals surface area contributed by atoms with Crippen LogP contribution < -0.4 is 5.32 Å². The van der Waals surface area contributed by atoms with E-state index >= 15 is 0 Å². The number of rotatable bonds is 4. The van der Waals surface area contributed by atoms with Gasteiger partial charge in [0.2, 0.25) is 11.8 Å². The quantitative estimate of drug-likeness (QED) is 0.896. The van der Waals surface area contributed by atoms with Crippen molar-refractivity contribution in [1.82, 2.24) is 14.7 Å². The van der Waals surface area contributed by atoms with Gasteiger partial charge in [0, 0.05) is 30.9 Å². The Morgan fingerprint density at radius 2 is 2.27 bits per heavy atom. The molecule has 8 heteroatoms. The number of carbonyl (C=O) groups excluding carboxylic acids is 1. The molecule has 3 heterocycles. The number of nitrogens with zero attached hydrogens (tertiary/aromatic N) is 3. The molecule has 2 aromatic heterocycles. The van der Waals surface area contributed by atoms with Gasteiger partial charge in [-0.2, -0.15) is 0 Å². The molecule has 7 nitrogen and oxygen atoms in total. The Morgan fingerprint density at radius 1 is 1.50 bits per heavy atom. The second-order valence-corrected chi connectivity index (χ2v) is 6.14. The third kappa shape index (κ3) is 3.38. The fraction of sp³-hybridized carbons (Fsp3) is 0.500. The Kier molecular flexibility index (Phi) is 4.58. The molecule has 1 N–H and O–H groups in total. The molecule has 0 bridgehead atoms. The van der Waals surface area contributed by atoms with E-state index in [4.69, 9.17) is 9.26 Å². The van der Waals surface area contributed by atoms with E-state index in [1.54, 1.807) is 17.1 Å². The van der Waals surface area contributed by atoms with Crippen LogP contribution in [-0.4, -0.2) is 33.8 Å². The Balaban J connectivity index is 1.65. The summed E-state index contributed by atoms with van der Waals surface area (Å²) in [5, 5.41) is 6.90. The SMILES string of the molecule is Cc1c(C2CCOCC2)noc1NC(=O)Cn1cnc(Br)c1. The molecule has 118 valence electrons. The fourth-order valence-corrected chi connectivity index (χ4v) is 2.92. The number of ether oxygens (including phenoxy) is 1. The van der Waals surface area contributed by atoms with Crippen LogP contribution in [0.15, 0.2) is 21.7 Å². The summed E-state index contributed by atoms with van der Waals surface area (Å²) in [5.74, 6) is 0.584. The van der Waals surface area contributed by atoms with Gasteiger partial charge in [-0.3, -0.25) is 10.1 Å². The molecule has 1 fully saturated rings. The highest BCUT2D eigenvalue weighted by Gasteiger charge is 2.24. The number of amides is 1. The largest absolute Gasteiger partial charge is 0.381 e. The van der Waals surface area contributed by atoms with Crippen molar-refractivity contribution in [1.29, 1.82) is 0 Å². The molecule has 3 rings (SSSR count). The van der Waals surface area contributed by atoms with Crippen molar-refractivity contribution in [3.63, 3.8) is 0 Å². The van der Waals surface area contributed by atoms with E-state index in [0.717, 1.165) is 37.3 Å². The summed E-state index contributed by atoms with van der Waals surface area (Å²) in [6, 6.07) is 0. The maximum atomic E-state index is 12.0. The van der Waals surface area contributed by atoms with Gasteiger partial charge in [0.05, 0.1) is 12.0 Å². The van der Waals surface area contributed by atoms with Gasteiger partial charge < -0.3 is 13.8 Å². The van der Waals surface area contributed by atoms with Gasteiger partial charge in [-0.25, -0.2) is 4.98 Å². The van der Waals surface area contributed by atoms with Crippen molar-refractivity contribution in [3.05, 3.63) is 28.4 Å². The first-order valence-electron chi connectivity index (χ1n) is 7.14. The fourth-order valence-electron chi connectivity index (χ4n) is 2.57. The minimum atomic E-state index is -0.178. The maximum absolute atomic E-state index is 12.0. The van der Waals surface area contributed by atoms with Crippen LogP contribution in [-0.2, 0) is 16.1 Å². The van der Waals surface area contributed by atoms with E-state index in [9.17, 15) is 4.79 Å². The lowest BCUT2D eigenvalue weighted by Gasteiger charge is -2.20. The van der Waals surface area contributed by atoms with Gasteiger partial charge in [-0.1, -0.05) is 5.16 Å². The number of hydrogen-bond acceptors (Lipinski definition) is 5. The van der Waals surface area contributed by atoms with Gasteiger partial charge in [0.1, 0.15) is 11.1 Å². The monoisotopic (exact) mass is 368 g/mol. The number of hydrogen-bond donors (Lipinski definition) is 1. The van der Waals surface area contributed by atoms with Crippen LogP contribution in [0.2, 0.25) is 0 Å². The van der Waals surface area contributed by atoms with Gasteiger partial charge in [0.15, 0.2) is 0 Å². The highest BCUT2D eigenvalue weighted by Crippen LogP contribution is 2.31. The molecule has 2 aromatic rings. The number of anilines is 1. The van der Waals surface area contributed by atoms with Crippen LogP contribution in [0.4, 0.5) is 5.88 Å². The summed E-state index contributed by atoms with van der Waals surface area (Å²) in [5.41, 5.74) is 1.82. The van der Waals surface area contributed by atoms with Gasteiger partial charge >= 0.3 is 0 Å². The lowest BCUT2D eigenvalue weighted by atomic mass is 9.94. The molecule has 0 saturated carbocycles. The summed E-state index contributed by atoms with van der Waals surface area (Å²) in [4.78, 5) is 16.1. The topological polar surface area (TPSA) is 82.2 Å². The molecule has 0 spiro atoms. The first kappa shape index (κ1) is 15.2. The molecule has 1 saturated heterocycles. The minimum Gasteiger partial charge on any atom is -0.381 e. The van der Waals surface area contributed by atoms with E-state index < -0.39 is 0 Å². The van der Waals surface area contributed by atoms with Gasteiger partial charge in [0.25, 0.3) is 0 Å².